The van der Waals surface area contributed by atoms with Gasteiger partial charge in [0, 0.05) is 18.4 Å². The third-order valence-corrected chi connectivity index (χ3v) is 6.04. The fourth-order valence-corrected chi connectivity index (χ4v) is 4.27. The predicted molar refractivity (Wildman–Crippen MR) is 128 cm³/mol. The van der Waals surface area contributed by atoms with Crippen LogP contribution in [0.3, 0.4) is 0 Å². The van der Waals surface area contributed by atoms with E-state index in [-0.39, 0.29) is 11.9 Å². The molecule has 1 aromatic rings. The Morgan fingerprint density at radius 2 is 1.65 bits per heavy atom. The molecule has 31 heavy (non-hydrogen) atoms. The van der Waals surface area contributed by atoms with E-state index in [1.165, 1.54) is 11.1 Å². The Morgan fingerprint density at radius 3 is 2.16 bits per heavy atom. The van der Waals surface area contributed by atoms with Crippen molar-refractivity contribution in [2.75, 3.05) is 0 Å². The summed E-state index contributed by atoms with van der Waals surface area (Å²) in [6.45, 7) is 0. The van der Waals surface area contributed by atoms with Gasteiger partial charge in [-0.05, 0) is 82.3 Å². The largest absolute Gasteiger partial charge is 0.352 e. The van der Waals surface area contributed by atoms with Gasteiger partial charge in [-0.2, -0.15) is 0 Å². The quantitative estimate of drug-likeness (QED) is 0.481. The Kier molecular flexibility index (Phi) is 9.78. The molecule has 0 bridgehead atoms. The van der Waals surface area contributed by atoms with Gasteiger partial charge in [-0.1, -0.05) is 53.7 Å². The Balaban J connectivity index is 1.49. The summed E-state index contributed by atoms with van der Waals surface area (Å²) < 4.78 is 0. The fourth-order valence-electron chi connectivity index (χ4n) is 4.27. The van der Waals surface area contributed by atoms with Gasteiger partial charge in [-0.15, -0.1) is 0 Å². The van der Waals surface area contributed by atoms with Crippen LogP contribution in [0.4, 0.5) is 0 Å². The van der Waals surface area contributed by atoms with Crippen molar-refractivity contribution in [3.8, 4) is 0 Å². The zero-order chi connectivity index (χ0) is 21.7. The second-order valence-electron chi connectivity index (χ2n) is 8.68. The fraction of sp³-hybridized carbons (Fsp3) is 0.481. The molecular formula is C27H37N3O. The number of nitrogens with two attached hydrogens (primary N) is 1. The Labute approximate surface area is 187 Å². The van der Waals surface area contributed by atoms with Gasteiger partial charge in [0.1, 0.15) is 0 Å². The van der Waals surface area contributed by atoms with E-state index in [1.54, 1.807) is 12.4 Å². The molecular weight excluding hydrogens is 382 g/mol. The zero-order valence-corrected chi connectivity index (χ0v) is 18.6. The van der Waals surface area contributed by atoms with E-state index >= 15 is 0 Å². The molecule has 1 heterocycles. The number of carbonyl (C=O) groups excluding carboxylic acids is 1. The summed E-state index contributed by atoms with van der Waals surface area (Å²) in [6.07, 6.45) is 28.7. The standard InChI is InChI=1S/C27H37N3O/c28-26(20-24-16-9-19-29-21-24)27(31)30-25(17-7-14-22-10-3-1-4-11-22)18-8-15-23-12-5-2-6-13-23/h3,5,9-13,16,19,21,25-26H,1-2,4,6-8,14-15,17-18,20,28H2,(H,30,31)/t26-/m0/s1. The minimum atomic E-state index is -0.542. The third kappa shape index (κ3) is 8.66. The van der Waals surface area contributed by atoms with Crippen LogP contribution >= 0.6 is 0 Å². The van der Waals surface area contributed by atoms with Crippen LogP contribution in [-0.2, 0) is 11.2 Å². The average molecular weight is 420 g/mol. The number of allylic oxidation sites excluding steroid dienone is 8. The van der Waals surface area contributed by atoms with Crippen molar-refractivity contribution in [3.05, 3.63) is 77.7 Å². The number of aromatic nitrogens is 1. The number of pyridine rings is 1. The monoisotopic (exact) mass is 419 g/mol. The van der Waals surface area contributed by atoms with Crippen molar-refractivity contribution in [2.24, 2.45) is 5.73 Å². The lowest BCUT2D eigenvalue weighted by Crippen LogP contribution is -2.46. The first-order valence-corrected chi connectivity index (χ1v) is 11.9. The molecule has 1 aromatic heterocycles. The number of carbonyl (C=O) groups is 1. The van der Waals surface area contributed by atoms with Gasteiger partial charge in [-0.3, -0.25) is 9.78 Å². The van der Waals surface area contributed by atoms with Crippen molar-refractivity contribution in [1.29, 1.82) is 0 Å². The summed E-state index contributed by atoms with van der Waals surface area (Å²) in [6, 6.07) is 3.48. The summed E-state index contributed by atoms with van der Waals surface area (Å²) in [7, 11) is 0. The van der Waals surface area contributed by atoms with Crippen molar-refractivity contribution >= 4 is 5.91 Å². The van der Waals surface area contributed by atoms with Crippen LogP contribution in [0.15, 0.2) is 72.1 Å². The Morgan fingerprint density at radius 1 is 1.00 bits per heavy atom. The SMILES string of the molecule is N[C@@H](Cc1cccnc1)C(=O)NC(CCCC1=CCCC=C1)CCCC1=CCCC=C1. The Hall–Kier alpha value is -2.46. The van der Waals surface area contributed by atoms with E-state index in [9.17, 15) is 4.79 Å². The van der Waals surface area contributed by atoms with Gasteiger partial charge in [0.15, 0.2) is 0 Å². The molecule has 2 aliphatic rings. The van der Waals surface area contributed by atoms with Crippen molar-refractivity contribution in [1.82, 2.24) is 10.3 Å². The van der Waals surface area contributed by atoms with Gasteiger partial charge in [-0.25, -0.2) is 0 Å². The molecule has 1 atom stereocenters. The molecule has 1 amide bonds. The van der Waals surface area contributed by atoms with Gasteiger partial charge < -0.3 is 11.1 Å². The highest BCUT2D eigenvalue weighted by molar-refractivity contribution is 5.82. The zero-order valence-electron chi connectivity index (χ0n) is 18.6. The summed E-state index contributed by atoms with van der Waals surface area (Å²) in [5.74, 6) is -0.0533. The minimum Gasteiger partial charge on any atom is -0.352 e. The topological polar surface area (TPSA) is 68.0 Å². The van der Waals surface area contributed by atoms with Crippen LogP contribution in [0.25, 0.3) is 0 Å². The molecule has 4 heteroatoms. The molecule has 0 spiro atoms. The number of hydrogen-bond donors (Lipinski definition) is 2. The molecule has 4 nitrogen and oxygen atoms in total. The molecule has 0 radical (unpaired) electrons. The van der Waals surface area contributed by atoms with Crippen LogP contribution in [0.2, 0.25) is 0 Å². The maximum absolute atomic E-state index is 12.8. The maximum atomic E-state index is 12.8. The molecule has 166 valence electrons. The first-order valence-electron chi connectivity index (χ1n) is 11.9. The number of amides is 1. The molecule has 0 fully saturated rings. The average Bonchev–Trinajstić information content (AvgIpc) is 2.81. The third-order valence-electron chi connectivity index (χ3n) is 6.04. The van der Waals surface area contributed by atoms with Crippen LogP contribution in [0.1, 0.15) is 69.8 Å². The lowest BCUT2D eigenvalue weighted by Gasteiger charge is -2.22. The van der Waals surface area contributed by atoms with Crippen molar-refractivity contribution in [2.45, 2.75) is 82.7 Å². The van der Waals surface area contributed by atoms with Crippen molar-refractivity contribution in [3.63, 3.8) is 0 Å². The molecule has 3 rings (SSSR count). The van der Waals surface area contributed by atoms with Gasteiger partial charge in [0.2, 0.25) is 5.91 Å². The summed E-state index contributed by atoms with van der Waals surface area (Å²) in [4.78, 5) is 16.9. The van der Waals surface area contributed by atoms with Gasteiger partial charge in [0.25, 0.3) is 0 Å². The molecule has 0 aromatic carbocycles. The Bertz CT molecular complexity index is 769. The van der Waals surface area contributed by atoms with E-state index in [2.05, 4.69) is 46.8 Å². The number of hydrogen-bond acceptors (Lipinski definition) is 3. The van der Waals surface area contributed by atoms with Crippen LogP contribution in [0, 0.1) is 0 Å². The summed E-state index contributed by atoms with van der Waals surface area (Å²) in [5.41, 5.74) is 10.1. The second-order valence-corrected chi connectivity index (χ2v) is 8.68. The first-order chi connectivity index (χ1) is 15.2. The lowest BCUT2D eigenvalue weighted by atomic mass is 9.95. The second kappa shape index (κ2) is 13.1. The van der Waals surface area contributed by atoms with Crippen LogP contribution in [0.5, 0.6) is 0 Å². The van der Waals surface area contributed by atoms with E-state index in [1.807, 2.05) is 12.1 Å². The molecule has 0 unspecified atom stereocenters. The van der Waals surface area contributed by atoms with E-state index in [0.29, 0.717) is 6.42 Å². The highest BCUT2D eigenvalue weighted by Crippen LogP contribution is 2.20. The van der Waals surface area contributed by atoms with Crippen LogP contribution in [-0.4, -0.2) is 23.0 Å². The summed E-state index contributed by atoms with van der Waals surface area (Å²) in [5, 5.41) is 3.25. The lowest BCUT2D eigenvalue weighted by molar-refractivity contribution is -0.123. The minimum absolute atomic E-state index is 0.0533. The van der Waals surface area contributed by atoms with E-state index < -0.39 is 6.04 Å². The smallest absolute Gasteiger partial charge is 0.237 e. The molecule has 0 saturated heterocycles. The van der Waals surface area contributed by atoms with E-state index in [0.717, 1.165) is 69.8 Å². The van der Waals surface area contributed by atoms with Crippen LogP contribution < -0.4 is 11.1 Å². The number of rotatable bonds is 12. The van der Waals surface area contributed by atoms with Crippen molar-refractivity contribution < 1.29 is 4.79 Å². The number of nitrogens with one attached hydrogen (secondary N) is 1. The van der Waals surface area contributed by atoms with Gasteiger partial charge >= 0.3 is 0 Å². The first kappa shape index (κ1) is 23.2. The predicted octanol–water partition coefficient (Wildman–Crippen LogP) is 5.33. The van der Waals surface area contributed by atoms with E-state index in [4.69, 9.17) is 5.73 Å². The molecule has 0 aliphatic heterocycles. The maximum Gasteiger partial charge on any atom is 0.237 e. The molecule has 0 saturated carbocycles. The van der Waals surface area contributed by atoms with Gasteiger partial charge in [0.05, 0.1) is 6.04 Å². The highest BCUT2D eigenvalue weighted by Gasteiger charge is 2.19. The highest BCUT2D eigenvalue weighted by atomic mass is 16.2. The molecule has 2 aliphatic carbocycles. The normalized spacial score (nSPS) is 16.7. The number of nitrogens with zero attached hydrogens (tertiary/aromatic N) is 1. The molecule has 3 N–H and O–H groups in total. The summed E-state index contributed by atoms with van der Waals surface area (Å²) >= 11 is 0.